The summed E-state index contributed by atoms with van der Waals surface area (Å²) < 4.78 is 0.475. The van der Waals surface area contributed by atoms with Gasteiger partial charge in [0.1, 0.15) is 4.32 Å². The molecule has 0 spiro atoms. The minimum atomic E-state index is -1.03. The maximum absolute atomic E-state index is 12.6. The lowest BCUT2D eigenvalue weighted by molar-refractivity contribution is -0.122. The maximum atomic E-state index is 12.6. The molecule has 3 rings (SSSR count). The van der Waals surface area contributed by atoms with Gasteiger partial charge in [0.15, 0.2) is 0 Å². The number of thioether (sulfide) groups is 1. The fraction of sp³-hybridized carbons (Fsp3) is 0.0556. The summed E-state index contributed by atoms with van der Waals surface area (Å²) in [5, 5.41) is 9.25. The summed E-state index contributed by atoms with van der Waals surface area (Å²) in [6.45, 7) is 0.406. The van der Waals surface area contributed by atoms with Gasteiger partial charge in [-0.25, -0.2) is 4.79 Å². The van der Waals surface area contributed by atoms with Crippen molar-refractivity contribution in [2.45, 2.75) is 6.54 Å². The van der Waals surface area contributed by atoms with Gasteiger partial charge < -0.3 is 5.11 Å². The number of hydrogen-bond acceptors (Lipinski definition) is 4. The number of rotatable bonds is 4. The minimum absolute atomic E-state index is 0.158. The molecule has 1 saturated heterocycles. The average Bonchev–Trinajstić information content (AvgIpc) is 2.84. The number of carboxylic acid groups (broad SMARTS) is 1. The topological polar surface area (TPSA) is 57.6 Å². The zero-order valence-electron chi connectivity index (χ0n) is 12.5. The molecule has 4 nitrogen and oxygen atoms in total. The first kappa shape index (κ1) is 16.4. The second-order valence-corrected chi connectivity index (χ2v) is 6.82. The molecule has 1 amide bonds. The third kappa shape index (κ3) is 3.39. The third-order valence-corrected chi connectivity index (χ3v) is 4.91. The van der Waals surface area contributed by atoms with Gasteiger partial charge in [-0.15, -0.1) is 0 Å². The average molecular weight is 355 g/mol. The van der Waals surface area contributed by atoms with E-state index >= 15 is 0 Å². The Morgan fingerprint density at radius 1 is 1.12 bits per heavy atom. The molecule has 6 heteroatoms. The molecule has 1 aliphatic heterocycles. The van der Waals surface area contributed by atoms with Crippen LogP contribution in [-0.4, -0.2) is 26.2 Å². The number of carbonyl (C=O) groups excluding carboxylic acids is 1. The number of amides is 1. The molecule has 1 heterocycles. The summed E-state index contributed by atoms with van der Waals surface area (Å²) >= 11 is 6.50. The number of aromatic carboxylic acids is 1. The van der Waals surface area contributed by atoms with Crippen LogP contribution in [0.1, 0.15) is 21.5 Å². The van der Waals surface area contributed by atoms with Crippen LogP contribution < -0.4 is 0 Å². The van der Waals surface area contributed by atoms with E-state index in [2.05, 4.69) is 0 Å². The van der Waals surface area contributed by atoms with Crippen molar-refractivity contribution < 1.29 is 14.7 Å². The van der Waals surface area contributed by atoms with Crippen LogP contribution in [0.15, 0.2) is 59.5 Å². The highest BCUT2D eigenvalue weighted by Crippen LogP contribution is 2.34. The lowest BCUT2D eigenvalue weighted by Gasteiger charge is -2.14. The number of carbonyl (C=O) groups is 2. The Morgan fingerprint density at radius 3 is 2.50 bits per heavy atom. The molecule has 2 aromatic carbocycles. The Balaban J connectivity index is 1.88. The lowest BCUT2D eigenvalue weighted by atomic mass is 10.1. The summed E-state index contributed by atoms with van der Waals surface area (Å²) in [5.41, 5.74) is 1.64. The molecule has 0 saturated carbocycles. The van der Waals surface area contributed by atoms with Crippen LogP contribution in [0.2, 0.25) is 0 Å². The normalized spacial score (nSPS) is 16.0. The van der Waals surface area contributed by atoms with Crippen molar-refractivity contribution >= 4 is 46.3 Å². The van der Waals surface area contributed by atoms with Gasteiger partial charge in [0, 0.05) is 0 Å². The standard InChI is InChI=1S/C18H13NO3S2/c20-16-15(10-13-8-4-5-9-14(13)17(21)22)24-18(23)19(16)11-12-6-2-1-3-7-12/h1-10H,11H2,(H,21,22)/b15-10+. The number of nitrogens with zero attached hydrogens (tertiary/aromatic N) is 1. The van der Waals surface area contributed by atoms with E-state index in [1.165, 1.54) is 22.7 Å². The van der Waals surface area contributed by atoms with E-state index in [0.717, 1.165) is 5.56 Å². The molecule has 24 heavy (non-hydrogen) atoms. The number of thiocarbonyl (C=S) groups is 1. The van der Waals surface area contributed by atoms with Crippen molar-refractivity contribution in [2.24, 2.45) is 0 Å². The predicted octanol–water partition coefficient (Wildman–Crippen LogP) is 3.79. The highest BCUT2D eigenvalue weighted by Gasteiger charge is 2.32. The van der Waals surface area contributed by atoms with E-state index in [1.54, 1.807) is 24.3 Å². The van der Waals surface area contributed by atoms with Gasteiger partial charge in [0.2, 0.25) is 0 Å². The van der Waals surface area contributed by atoms with Crippen LogP contribution in [0, 0.1) is 0 Å². The van der Waals surface area contributed by atoms with Crippen molar-refractivity contribution in [3.63, 3.8) is 0 Å². The van der Waals surface area contributed by atoms with Crippen LogP contribution in [0.25, 0.3) is 6.08 Å². The van der Waals surface area contributed by atoms with E-state index in [0.29, 0.717) is 21.3 Å². The smallest absolute Gasteiger partial charge is 0.336 e. The first-order chi connectivity index (χ1) is 11.6. The SMILES string of the molecule is O=C(O)c1ccccc1/C=C1/SC(=S)N(Cc2ccccc2)C1=O. The van der Waals surface area contributed by atoms with Crippen LogP contribution >= 0.6 is 24.0 Å². The van der Waals surface area contributed by atoms with Gasteiger partial charge in [0.25, 0.3) is 5.91 Å². The van der Waals surface area contributed by atoms with Crippen molar-refractivity contribution in [3.05, 3.63) is 76.2 Å². The second-order valence-electron chi connectivity index (χ2n) is 5.15. The first-order valence-corrected chi connectivity index (χ1v) is 8.40. The highest BCUT2D eigenvalue weighted by atomic mass is 32.2. The summed E-state index contributed by atoms with van der Waals surface area (Å²) in [5.74, 6) is -1.23. The van der Waals surface area contributed by atoms with Crippen LogP contribution in [0.5, 0.6) is 0 Å². The van der Waals surface area contributed by atoms with Crippen molar-refractivity contribution in [1.29, 1.82) is 0 Å². The summed E-state index contributed by atoms with van der Waals surface area (Å²) in [6, 6.07) is 16.2. The number of carboxylic acids is 1. The van der Waals surface area contributed by atoms with Crippen LogP contribution in [-0.2, 0) is 11.3 Å². The van der Waals surface area contributed by atoms with E-state index in [9.17, 15) is 14.7 Å². The fourth-order valence-electron chi connectivity index (χ4n) is 2.36. The van der Waals surface area contributed by atoms with E-state index in [4.69, 9.17) is 12.2 Å². The largest absolute Gasteiger partial charge is 0.478 e. The van der Waals surface area contributed by atoms with Gasteiger partial charge in [-0.2, -0.15) is 0 Å². The van der Waals surface area contributed by atoms with Gasteiger partial charge in [0.05, 0.1) is 17.0 Å². The van der Waals surface area contributed by atoms with Crippen LogP contribution in [0.4, 0.5) is 0 Å². The Hall–Kier alpha value is -2.44. The van der Waals surface area contributed by atoms with Crippen molar-refractivity contribution in [3.8, 4) is 0 Å². The summed E-state index contributed by atoms with van der Waals surface area (Å²) in [7, 11) is 0. The predicted molar refractivity (Wildman–Crippen MR) is 98.6 cm³/mol. The molecular weight excluding hydrogens is 342 g/mol. The van der Waals surface area contributed by atoms with Crippen molar-refractivity contribution in [1.82, 2.24) is 4.90 Å². The Kier molecular flexibility index (Phi) is 4.78. The molecule has 120 valence electrons. The maximum Gasteiger partial charge on any atom is 0.336 e. The Bertz CT molecular complexity index is 846. The van der Waals surface area contributed by atoms with E-state index in [1.807, 2.05) is 30.3 Å². The highest BCUT2D eigenvalue weighted by molar-refractivity contribution is 8.26. The molecular formula is C18H13NO3S2. The third-order valence-electron chi connectivity index (χ3n) is 3.53. The molecule has 1 fully saturated rings. The van der Waals surface area contributed by atoms with Gasteiger partial charge in [-0.3, -0.25) is 9.69 Å². The number of hydrogen-bond donors (Lipinski definition) is 1. The minimum Gasteiger partial charge on any atom is -0.478 e. The zero-order chi connectivity index (χ0) is 17.1. The monoisotopic (exact) mass is 355 g/mol. The molecule has 0 radical (unpaired) electrons. The van der Waals surface area contributed by atoms with Crippen molar-refractivity contribution in [2.75, 3.05) is 0 Å². The lowest BCUT2D eigenvalue weighted by Crippen LogP contribution is -2.27. The molecule has 0 aromatic heterocycles. The quantitative estimate of drug-likeness (QED) is 0.668. The molecule has 0 bridgehead atoms. The molecule has 1 N–H and O–H groups in total. The molecule has 2 aromatic rings. The fourth-order valence-corrected chi connectivity index (χ4v) is 3.61. The molecule has 0 aliphatic carbocycles. The molecule has 1 aliphatic rings. The van der Waals surface area contributed by atoms with Gasteiger partial charge >= 0.3 is 5.97 Å². The summed E-state index contributed by atoms with van der Waals surface area (Å²) in [6.07, 6.45) is 1.59. The van der Waals surface area contributed by atoms with E-state index in [-0.39, 0.29) is 11.5 Å². The van der Waals surface area contributed by atoms with Gasteiger partial charge in [-0.1, -0.05) is 72.5 Å². The van der Waals surface area contributed by atoms with Gasteiger partial charge in [-0.05, 0) is 23.3 Å². The first-order valence-electron chi connectivity index (χ1n) is 7.18. The molecule has 0 unspecified atom stereocenters. The van der Waals surface area contributed by atoms with Crippen LogP contribution in [0.3, 0.4) is 0 Å². The number of benzene rings is 2. The Labute approximate surface area is 148 Å². The van der Waals surface area contributed by atoms with E-state index < -0.39 is 5.97 Å². The molecule has 0 atom stereocenters. The summed E-state index contributed by atoms with van der Waals surface area (Å²) in [4.78, 5) is 25.9. The zero-order valence-corrected chi connectivity index (χ0v) is 14.1. The Morgan fingerprint density at radius 2 is 1.79 bits per heavy atom. The second kappa shape index (κ2) is 6.98.